The Morgan fingerprint density at radius 1 is 1.38 bits per heavy atom. The quantitative estimate of drug-likeness (QED) is 0.835. The van der Waals surface area contributed by atoms with Crippen molar-refractivity contribution in [2.24, 2.45) is 5.92 Å². The molecule has 1 saturated carbocycles. The Bertz CT molecular complexity index is 467. The molecule has 1 aliphatic heterocycles. The fraction of sp³-hybridized carbons (Fsp3) is 0.765. The zero-order valence-corrected chi connectivity index (χ0v) is 13.7. The first-order valence-electron chi connectivity index (χ1n) is 8.29. The third kappa shape index (κ3) is 4.31. The van der Waals surface area contributed by atoms with E-state index in [0.717, 1.165) is 36.6 Å². The van der Waals surface area contributed by atoms with Gasteiger partial charge in [-0.05, 0) is 58.8 Å². The fourth-order valence-corrected chi connectivity index (χ4v) is 3.34. The lowest BCUT2D eigenvalue weighted by atomic mass is 10.1. The summed E-state index contributed by atoms with van der Waals surface area (Å²) in [5.41, 5.74) is 1.34. The molecule has 1 N–H and O–H groups in total. The van der Waals surface area contributed by atoms with Crippen LogP contribution in [0.1, 0.15) is 36.3 Å². The predicted octanol–water partition coefficient (Wildman–Crippen LogP) is 2.22. The largest absolute Gasteiger partial charge is 0.465 e. The molecule has 1 unspecified atom stereocenters. The van der Waals surface area contributed by atoms with Crippen LogP contribution in [0.3, 0.4) is 0 Å². The second-order valence-electron chi connectivity index (χ2n) is 7.06. The predicted molar refractivity (Wildman–Crippen MR) is 85.2 cm³/mol. The van der Waals surface area contributed by atoms with E-state index < -0.39 is 0 Å². The van der Waals surface area contributed by atoms with Gasteiger partial charge in [0.2, 0.25) is 0 Å². The van der Waals surface area contributed by atoms with Gasteiger partial charge < -0.3 is 19.5 Å². The first-order valence-corrected chi connectivity index (χ1v) is 8.29. The highest BCUT2D eigenvalue weighted by Gasteiger charge is 2.22. The molecule has 2 aliphatic rings. The third-order valence-corrected chi connectivity index (χ3v) is 4.71. The van der Waals surface area contributed by atoms with Gasteiger partial charge in [-0.2, -0.15) is 0 Å². The Balaban J connectivity index is 1.48. The van der Waals surface area contributed by atoms with Gasteiger partial charge in [-0.15, -0.1) is 0 Å². The molecule has 0 spiro atoms. The SMILES string of the molecule is Cc1oc(CNC2CC2)cc1CN(C)CC1CCN(C)C1. The molecule has 2 heterocycles. The molecule has 1 aliphatic carbocycles. The first-order chi connectivity index (χ1) is 10.1. The van der Waals surface area contributed by atoms with Crippen LogP contribution in [-0.2, 0) is 13.1 Å². The smallest absolute Gasteiger partial charge is 0.118 e. The Hall–Kier alpha value is -0.840. The molecule has 2 fully saturated rings. The molecule has 0 aromatic carbocycles. The first kappa shape index (κ1) is 15.1. The molecule has 1 aromatic heterocycles. The summed E-state index contributed by atoms with van der Waals surface area (Å²) in [6.07, 6.45) is 3.98. The van der Waals surface area contributed by atoms with Crippen LogP contribution in [0, 0.1) is 12.8 Å². The molecule has 118 valence electrons. The van der Waals surface area contributed by atoms with Gasteiger partial charge in [0.1, 0.15) is 11.5 Å². The van der Waals surface area contributed by atoms with E-state index in [1.54, 1.807) is 0 Å². The van der Waals surface area contributed by atoms with Crippen LogP contribution in [0.4, 0.5) is 0 Å². The van der Waals surface area contributed by atoms with Gasteiger partial charge in [0.25, 0.3) is 0 Å². The normalized spacial score (nSPS) is 23.3. The summed E-state index contributed by atoms with van der Waals surface area (Å²) in [7, 11) is 4.45. The summed E-state index contributed by atoms with van der Waals surface area (Å²) < 4.78 is 5.88. The van der Waals surface area contributed by atoms with Gasteiger partial charge in [-0.1, -0.05) is 0 Å². The van der Waals surface area contributed by atoms with Gasteiger partial charge in [0.15, 0.2) is 0 Å². The standard InChI is InChI=1S/C17H29N3O/c1-13-15(8-17(21-13)9-18-16-4-5-16)12-20(3)11-14-6-7-19(2)10-14/h8,14,16,18H,4-7,9-12H2,1-3H3. The van der Waals surface area contributed by atoms with E-state index in [1.807, 2.05) is 0 Å². The minimum Gasteiger partial charge on any atom is -0.465 e. The van der Waals surface area contributed by atoms with Crippen LogP contribution in [0.2, 0.25) is 0 Å². The second-order valence-corrected chi connectivity index (χ2v) is 7.06. The van der Waals surface area contributed by atoms with E-state index in [-0.39, 0.29) is 0 Å². The lowest BCUT2D eigenvalue weighted by Gasteiger charge is -2.20. The minimum atomic E-state index is 0.737. The average Bonchev–Trinajstić information content (AvgIpc) is 3.08. The number of nitrogens with zero attached hydrogens (tertiary/aromatic N) is 2. The van der Waals surface area contributed by atoms with Crippen molar-refractivity contribution in [1.82, 2.24) is 15.1 Å². The van der Waals surface area contributed by atoms with Gasteiger partial charge in [-0.25, -0.2) is 0 Å². The molecule has 3 rings (SSSR count). The number of likely N-dealkylation sites (tertiary alicyclic amines) is 1. The maximum Gasteiger partial charge on any atom is 0.118 e. The van der Waals surface area contributed by atoms with Crippen LogP contribution in [0.25, 0.3) is 0 Å². The lowest BCUT2D eigenvalue weighted by Crippen LogP contribution is -2.27. The summed E-state index contributed by atoms with van der Waals surface area (Å²) >= 11 is 0. The summed E-state index contributed by atoms with van der Waals surface area (Å²) in [4.78, 5) is 4.88. The minimum absolute atomic E-state index is 0.737. The van der Waals surface area contributed by atoms with Crippen molar-refractivity contribution >= 4 is 0 Å². The molecular weight excluding hydrogens is 262 g/mol. The molecule has 4 heteroatoms. The molecule has 21 heavy (non-hydrogen) atoms. The number of aryl methyl sites for hydroxylation is 1. The lowest BCUT2D eigenvalue weighted by molar-refractivity contribution is 0.266. The Labute approximate surface area is 128 Å². The topological polar surface area (TPSA) is 31.7 Å². The van der Waals surface area contributed by atoms with E-state index in [4.69, 9.17) is 4.42 Å². The summed E-state index contributed by atoms with van der Waals surface area (Å²) in [5, 5.41) is 3.52. The monoisotopic (exact) mass is 291 g/mol. The van der Waals surface area contributed by atoms with E-state index in [9.17, 15) is 0 Å². The molecule has 0 amide bonds. The van der Waals surface area contributed by atoms with Crippen LogP contribution in [-0.4, -0.2) is 49.6 Å². The van der Waals surface area contributed by atoms with Crippen LogP contribution >= 0.6 is 0 Å². The third-order valence-electron chi connectivity index (χ3n) is 4.71. The number of hydrogen-bond donors (Lipinski definition) is 1. The van der Waals surface area contributed by atoms with Crippen molar-refractivity contribution in [1.29, 1.82) is 0 Å². The van der Waals surface area contributed by atoms with Crippen molar-refractivity contribution in [3.8, 4) is 0 Å². The maximum absolute atomic E-state index is 5.88. The highest BCUT2D eigenvalue weighted by atomic mass is 16.3. The van der Waals surface area contributed by atoms with Crippen LogP contribution < -0.4 is 5.32 Å². The fourth-order valence-electron chi connectivity index (χ4n) is 3.34. The summed E-state index contributed by atoms with van der Waals surface area (Å²) in [6.45, 7) is 7.64. The Morgan fingerprint density at radius 3 is 2.86 bits per heavy atom. The average molecular weight is 291 g/mol. The van der Waals surface area contributed by atoms with Crippen LogP contribution in [0.15, 0.2) is 10.5 Å². The van der Waals surface area contributed by atoms with Crippen molar-refractivity contribution in [2.45, 2.75) is 45.3 Å². The summed E-state index contributed by atoms with van der Waals surface area (Å²) in [5.74, 6) is 2.99. The van der Waals surface area contributed by atoms with E-state index in [1.165, 1.54) is 44.5 Å². The second kappa shape index (κ2) is 6.51. The highest BCUT2D eigenvalue weighted by molar-refractivity contribution is 5.20. The van der Waals surface area contributed by atoms with Crippen LogP contribution in [0.5, 0.6) is 0 Å². The molecule has 0 radical (unpaired) electrons. The number of hydrogen-bond acceptors (Lipinski definition) is 4. The molecule has 1 aromatic rings. The molecule has 0 bridgehead atoms. The molecule has 1 atom stereocenters. The van der Waals surface area contributed by atoms with Gasteiger partial charge >= 0.3 is 0 Å². The maximum atomic E-state index is 5.88. The molecule has 4 nitrogen and oxygen atoms in total. The zero-order chi connectivity index (χ0) is 14.8. The zero-order valence-electron chi connectivity index (χ0n) is 13.7. The van der Waals surface area contributed by atoms with Crippen molar-refractivity contribution < 1.29 is 4.42 Å². The summed E-state index contributed by atoms with van der Waals surface area (Å²) in [6, 6.07) is 2.98. The van der Waals surface area contributed by atoms with Gasteiger partial charge in [-0.3, -0.25) is 0 Å². The van der Waals surface area contributed by atoms with Gasteiger partial charge in [0, 0.05) is 31.2 Å². The number of nitrogens with one attached hydrogen (secondary N) is 1. The van der Waals surface area contributed by atoms with Gasteiger partial charge in [0.05, 0.1) is 6.54 Å². The van der Waals surface area contributed by atoms with Crippen molar-refractivity contribution in [2.75, 3.05) is 33.7 Å². The Morgan fingerprint density at radius 2 is 2.19 bits per heavy atom. The Kier molecular flexibility index (Phi) is 4.67. The number of rotatable bonds is 7. The van der Waals surface area contributed by atoms with Crippen molar-refractivity contribution in [3.63, 3.8) is 0 Å². The molecular formula is C17H29N3O. The van der Waals surface area contributed by atoms with E-state index in [2.05, 4.69) is 42.2 Å². The number of furan rings is 1. The highest BCUT2D eigenvalue weighted by Crippen LogP contribution is 2.22. The van der Waals surface area contributed by atoms with E-state index >= 15 is 0 Å². The molecule has 1 saturated heterocycles. The van der Waals surface area contributed by atoms with Crippen molar-refractivity contribution in [3.05, 3.63) is 23.2 Å². The van der Waals surface area contributed by atoms with E-state index in [0.29, 0.717) is 0 Å².